The maximum absolute atomic E-state index is 12.1. The molecule has 96 valence electrons. The molecule has 0 bridgehead atoms. The first kappa shape index (κ1) is 13.1. The Balaban J connectivity index is 2.34. The van der Waals surface area contributed by atoms with Crippen LogP contribution in [-0.2, 0) is 4.79 Å². The van der Waals surface area contributed by atoms with Gasteiger partial charge in [0.15, 0.2) is 5.13 Å². The zero-order valence-corrected chi connectivity index (χ0v) is 10.5. The number of aryl methyl sites for hydroxylation is 1. The molecule has 3 nitrogen and oxygen atoms in total. The molecule has 2 aromatic rings. The van der Waals surface area contributed by atoms with Crippen LogP contribution < -0.4 is 5.32 Å². The minimum atomic E-state index is -4.93. The van der Waals surface area contributed by atoms with Crippen molar-refractivity contribution in [2.75, 3.05) is 5.32 Å². The van der Waals surface area contributed by atoms with Gasteiger partial charge >= 0.3 is 12.1 Å². The molecule has 0 atom stereocenters. The van der Waals surface area contributed by atoms with Crippen LogP contribution in [0.2, 0.25) is 5.02 Å². The summed E-state index contributed by atoms with van der Waals surface area (Å²) in [4.78, 5) is 14.6. The van der Waals surface area contributed by atoms with E-state index < -0.39 is 12.1 Å². The minimum absolute atomic E-state index is 0.103. The predicted molar refractivity (Wildman–Crippen MR) is 64.1 cm³/mol. The van der Waals surface area contributed by atoms with Crippen LogP contribution in [-0.4, -0.2) is 17.1 Å². The highest BCUT2D eigenvalue weighted by Crippen LogP contribution is 2.31. The van der Waals surface area contributed by atoms with Gasteiger partial charge in [-0.2, -0.15) is 13.2 Å². The van der Waals surface area contributed by atoms with Crippen LogP contribution in [0.5, 0.6) is 0 Å². The fourth-order valence-electron chi connectivity index (χ4n) is 1.27. The zero-order valence-electron chi connectivity index (χ0n) is 8.93. The fraction of sp³-hybridized carbons (Fsp3) is 0.200. The van der Waals surface area contributed by atoms with Crippen LogP contribution in [0.4, 0.5) is 18.3 Å². The average Bonchev–Trinajstić information content (AvgIpc) is 2.59. The number of hydrogen-bond donors (Lipinski definition) is 1. The van der Waals surface area contributed by atoms with Crippen molar-refractivity contribution in [3.8, 4) is 0 Å². The van der Waals surface area contributed by atoms with Crippen LogP contribution in [0.15, 0.2) is 12.1 Å². The monoisotopic (exact) mass is 294 g/mol. The van der Waals surface area contributed by atoms with Gasteiger partial charge in [0.1, 0.15) is 0 Å². The number of alkyl halides is 3. The minimum Gasteiger partial charge on any atom is -0.294 e. The quantitative estimate of drug-likeness (QED) is 0.870. The summed E-state index contributed by atoms with van der Waals surface area (Å²) in [5, 5.41) is 2.08. The Hall–Kier alpha value is -1.34. The van der Waals surface area contributed by atoms with Gasteiger partial charge in [0.2, 0.25) is 0 Å². The highest BCUT2D eigenvalue weighted by Gasteiger charge is 2.39. The SMILES string of the molecule is Cc1cc2sc(NC(=O)C(F)(F)F)nc2cc1Cl. The molecule has 18 heavy (non-hydrogen) atoms. The molecule has 0 saturated heterocycles. The molecule has 0 radical (unpaired) electrons. The number of benzene rings is 1. The third-order valence-electron chi connectivity index (χ3n) is 2.15. The van der Waals surface area contributed by atoms with Crippen LogP contribution >= 0.6 is 22.9 Å². The van der Waals surface area contributed by atoms with Crippen LogP contribution in [0.3, 0.4) is 0 Å². The van der Waals surface area contributed by atoms with Crippen LogP contribution in [0.1, 0.15) is 5.56 Å². The Morgan fingerprint density at radius 2 is 2.11 bits per heavy atom. The highest BCUT2D eigenvalue weighted by atomic mass is 35.5. The van der Waals surface area contributed by atoms with Gasteiger partial charge in [-0.3, -0.25) is 10.1 Å². The van der Waals surface area contributed by atoms with Crippen molar-refractivity contribution in [2.45, 2.75) is 13.1 Å². The lowest BCUT2D eigenvalue weighted by atomic mass is 10.2. The Labute approximate surface area is 109 Å². The molecule has 1 aromatic heterocycles. The average molecular weight is 295 g/mol. The van der Waals surface area contributed by atoms with Gasteiger partial charge in [0.25, 0.3) is 0 Å². The summed E-state index contributed by atoms with van der Waals surface area (Å²) in [7, 11) is 0. The number of rotatable bonds is 1. The highest BCUT2D eigenvalue weighted by molar-refractivity contribution is 7.22. The molecule has 1 amide bonds. The van der Waals surface area contributed by atoms with E-state index in [0.29, 0.717) is 15.2 Å². The molecule has 8 heteroatoms. The number of halogens is 4. The van der Waals surface area contributed by atoms with E-state index in [2.05, 4.69) is 4.98 Å². The molecular formula is C10H6ClF3N2OS. The van der Waals surface area contributed by atoms with E-state index in [1.807, 2.05) is 0 Å². The number of fused-ring (bicyclic) bond motifs is 1. The third kappa shape index (κ3) is 2.56. The second-order valence-electron chi connectivity index (χ2n) is 3.54. The fourth-order valence-corrected chi connectivity index (χ4v) is 2.37. The van der Waals surface area contributed by atoms with Crippen LogP contribution in [0.25, 0.3) is 10.2 Å². The summed E-state index contributed by atoms with van der Waals surface area (Å²) in [5.41, 5.74) is 1.24. The summed E-state index contributed by atoms with van der Waals surface area (Å²) in [6.07, 6.45) is -4.93. The first-order chi connectivity index (χ1) is 8.27. The Morgan fingerprint density at radius 1 is 1.44 bits per heavy atom. The van der Waals surface area contributed by atoms with Crippen molar-refractivity contribution in [3.05, 3.63) is 22.7 Å². The molecule has 2 rings (SSSR count). The number of nitrogens with one attached hydrogen (secondary N) is 1. The molecule has 0 aliphatic carbocycles. The van der Waals surface area contributed by atoms with Crippen molar-refractivity contribution in [3.63, 3.8) is 0 Å². The van der Waals surface area contributed by atoms with Gasteiger partial charge in [-0.1, -0.05) is 22.9 Å². The first-order valence-corrected chi connectivity index (χ1v) is 5.91. The molecule has 0 spiro atoms. The summed E-state index contributed by atoms with van der Waals surface area (Å²) >= 11 is 6.84. The van der Waals surface area contributed by atoms with E-state index in [1.165, 1.54) is 0 Å². The molecule has 0 saturated carbocycles. The Morgan fingerprint density at radius 3 is 2.72 bits per heavy atom. The number of nitrogens with zero attached hydrogens (tertiary/aromatic N) is 1. The maximum atomic E-state index is 12.1. The second-order valence-corrected chi connectivity index (χ2v) is 4.98. The second kappa shape index (κ2) is 4.40. The summed E-state index contributed by atoms with van der Waals surface area (Å²) in [5.74, 6) is -2.04. The van der Waals surface area contributed by atoms with Gasteiger partial charge in [0, 0.05) is 5.02 Å². The van der Waals surface area contributed by atoms with E-state index in [4.69, 9.17) is 11.6 Å². The number of aromatic nitrogens is 1. The number of carbonyl (C=O) groups is 1. The molecule has 0 fully saturated rings. The number of carbonyl (C=O) groups excluding carboxylic acids is 1. The van der Waals surface area contributed by atoms with E-state index in [-0.39, 0.29) is 5.13 Å². The summed E-state index contributed by atoms with van der Waals surface area (Å²) in [6, 6.07) is 3.25. The van der Waals surface area contributed by atoms with E-state index in [1.54, 1.807) is 24.4 Å². The van der Waals surface area contributed by atoms with Gasteiger partial charge in [-0.25, -0.2) is 4.98 Å². The molecule has 0 unspecified atom stereocenters. The largest absolute Gasteiger partial charge is 0.471 e. The summed E-state index contributed by atoms with van der Waals surface area (Å²) < 4.78 is 36.8. The number of hydrogen-bond acceptors (Lipinski definition) is 3. The van der Waals surface area contributed by atoms with Crippen LogP contribution in [0, 0.1) is 6.92 Å². The zero-order chi connectivity index (χ0) is 13.5. The lowest BCUT2D eigenvalue weighted by molar-refractivity contribution is -0.167. The number of amides is 1. The standard InChI is InChI=1S/C10H6ClF3N2OS/c1-4-2-7-6(3-5(4)11)15-9(18-7)16-8(17)10(12,13)14/h2-3H,1H3,(H,15,16,17). The van der Waals surface area contributed by atoms with E-state index in [9.17, 15) is 18.0 Å². The van der Waals surface area contributed by atoms with Gasteiger partial charge in [-0.15, -0.1) is 0 Å². The van der Waals surface area contributed by atoms with Crippen molar-refractivity contribution < 1.29 is 18.0 Å². The van der Waals surface area contributed by atoms with Gasteiger partial charge in [0.05, 0.1) is 10.2 Å². The van der Waals surface area contributed by atoms with Gasteiger partial charge < -0.3 is 0 Å². The number of thiazole rings is 1. The van der Waals surface area contributed by atoms with Crippen molar-refractivity contribution in [1.29, 1.82) is 0 Å². The molecule has 0 aliphatic rings. The predicted octanol–water partition coefficient (Wildman–Crippen LogP) is 3.76. The molecular weight excluding hydrogens is 289 g/mol. The summed E-state index contributed by atoms with van der Waals surface area (Å²) in [6.45, 7) is 1.77. The first-order valence-electron chi connectivity index (χ1n) is 4.72. The third-order valence-corrected chi connectivity index (χ3v) is 3.49. The molecule has 1 aromatic carbocycles. The smallest absolute Gasteiger partial charge is 0.294 e. The molecule has 1 heterocycles. The lowest BCUT2D eigenvalue weighted by Gasteiger charge is -2.03. The maximum Gasteiger partial charge on any atom is 0.471 e. The van der Waals surface area contributed by atoms with E-state index in [0.717, 1.165) is 16.9 Å². The number of anilines is 1. The van der Waals surface area contributed by atoms with Crippen molar-refractivity contribution in [2.24, 2.45) is 0 Å². The Kier molecular flexibility index (Phi) is 3.20. The Bertz CT molecular complexity index is 584. The normalized spacial score (nSPS) is 11.8. The van der Waals surface area contributed by atoms with Crippen molar-refractivity contribution in [1.82, 2.24) is 4.98 Å². The lowest BCUT2D eigenvalue weighted by Crippen LogP contribution is -2.29. The van der Waals surface area contributed by atoms with E-state index >= 15 is 0 Å². The topological polar surface area (TPSA) is 42.0 Å². The van der Waals surface area contributed by atoms with Crippen molar-refractivity contribution >= 4 is 44.2 Å². The molecule has 0 aliphatic heterocycles. The molecule has 1 N–H and O–H groups in total. The van der Waals surface area contributed by atoms with Gasteiger partial charge in [-0.05, 0) is 24.6 Å².